The Bertz CT molecular complexity index is 423. The van der Waals surface area contributed by atoms with E-state index >= 15 is 0 Å². The van der Waals surface area contributed by atoms with Gasteiger partial charge in [-0.2, -0.15) is 0 Å². The van der Waals surface area contributed by atoms with Gasteiger partial charge in [0.1, 0.15) is 0 Å². The summed E-state index contributed by atoms with van der Waals surface area (Å²) >= 11 is 0. The van der Waals surface area contributed by atoms with Gasteiger partial charge in [0.2, 0.25) is 0 Å². The third kappa shape index (κ3) is 3.01. The molecule has 0 amide bonds. The van der Waals surface area contributed by atoms with Crippen molar-refractivity contribution in [3.63, 3.8) is 0 Å². The van der Waals surface area contributed by atoms with Gasteiger partial charge in [0.05, 0.1) is 0 Å². The molecule has 2 nitrogen and oxygen atoms in total. The van der Waals surface area contributed by atoms with Crippen molar-refractivity contribution in [1.82, 2.24) is 5.32 Å². The molecule has 1 aliphatic heterocycles. The average Bonchev–Trinajstić information content (AvgIpc) is 2.93. The molecule has 1 heterocycles. The SMILES string of the molecule is CNC(Cc1ccc2c(c1)CCC2)C1CCOCC1. The van der Waals surface area contributed by atoms with E-state index in [4.69, 9.17) is 4.74 Å². The quantitative estimate of drug-likeness (QED) is 0.897. The van der Waals surface area contributed by atoms with Crippen molar-refractivity contribution in [2.75, 3.05) is 20.3 Å². The Morgan fingerprint density at radius 1 is 1.21 bits per heavy atom. The van der Waals surface area contributed by atoms with Gasteiger partial charge >= 0.3 is 0 Å². The van der Waals surface area contributed by atoms with E-state index in [0.29, 0.717) is 6.04 Å². The molecule has 1 N–H and O–H groups in total. The number of hydrogen-bond donors (Lipinski definition) is 1. The maximum Gasteiger partial charge on any atom is 0.0469 e. The highest BCUT2D eigenvalue weighted by Gasteiger charge is 2.23. The lowest BCUT2D eigenvalue weighted by Gasteiger charge is -2.30. The van der Waals surface area contributed by atoms with Crippen LogP contribution < -0.4 is 5.32 Å². The number of fused-ring (bicyclic) bond motifs is 1. The molecular weight excluding hydrogens is 234 g/mol. The average molecular weight is 259 g/mol. The van der Waals surface area contributed by atoms with Crippen molar-refractivity contribution in [3.05, 3.63) is 34.9 Å². The molecule has 0 radical (unpaired) electrons. The molecule has 104 valence electrons. The third-order valence-corrected chi connectivity index (χ3v) is 4.82. The second-order valence-electron chi connectivity index (χ2n) is 6.01. The third-order valence-electron chi connectivity index (χ3n) is 4.82. The van der Waals surface area contributed by atoms with Crippen molar-refractivity contribution in [3.8, 4) is 0 Å². The number of rotatable bonds is 4. The lowest BCUT2D eigenvalue weighted by molar-refractivity contribution is 0.0547. The predicted molar refractivity (Wildman–Crippen MR) is 78.6 cm³/mol. The Morgan fingerprint density at radius 3 is 2.79 bits per heavy atom. The fourth-order valence-electron chi connectivity index (χ4n) is 3.63. The fraction of sp³-hybridized carbons (Fsp3) is 0.647. The Labute approximate surface area is 116 Å². The second-order valence-corrected chi connectivity index (χ2v) is 6.01. The van der Waals surface area contributed by atoms with Gasteiger partial charge in [-0.25, -0.2) is 0 Å². The van der Waals surface area contributed by atoms with E-state index in [2.05, 4.69) is 30.6 Å². The van der Waals surface area contributed by atoms with Crippen LogP contribution in [0.2, 0.25) is 0 Å². The maximum atomic E-state index is 5.48. The fourth-order valence-corrected chi connectivity index (χ4v) is 3.63. The highest BCUT2D eigenvalue weighted by Crippen LogP contribution is 2.25. The molecule has 1 fully saturated rings. The maximum absolute atomic E-state index is 5.48. The summed E-state index contributed by atoms with van der Waals surface area (Å²) in [6, 6.07) is 7.75. The molecule has 1 atom stereocenters. The van der Waals surface area contributed by atoms with Crippen LogP contribution in [-0.4, -0.2) is 26.3 Å². The minimum atomic E-state index is 0.600. The largest absolute Gasteiger partial charge is 0.381 e. The van der Waals surface area contributed by atoms with Crippen LogP contribution in [0.4, 0.5) is 0 Å². The Balaban J connectivity index is 1.68. The summed E-state index contributed by atoms with van der Waals surface area (Å²) in [5.41, 5.74) is 4.68. The molecule has 19 heavy (non-hydrogen) atoms. The monoisotopic (exact) mass is 259 g/mol. The number of aryl methyl sites for hydroxylation is 2. The summed E-state index contributed by atoms with van der Waals surface area (Å²) in [5, 5.41) is 3.53. The molecule has 1 saturated heterocycles. The van der Waals surface area contributed by atoms with Crippen LogP contribution in [0.5, 0.6) is 0 Å². The summed E-state index contributed by atoms with van der Waals surface area (Å²) in [5.74, 6) is 0.770. The molecule has 3 rings (SSSR count). The van der Waals surface area contributed by atoms with Gasteiger partial charge in [-0.15, -0.1) is 0 Å². The summed E-state index contributed by atoms with van der Waals surface area (Å²) in [4.78, 5) is 0. The second kappa shape index (κ2) is 6.06. The van der Waals surface area contributed by atoms with Crippen molar-refractivity contribution in [1.29, 1.82) is 0 Å². The summed E-state index contributed by atoms with van der Waals surface area (Å²) in [7, 11) is 2.10. The van der Waals surface area contributed by atoms with Crippen LogP contribution in [0.1, 0.15) is 36.0 Å². The van der Waals surface area contributed by atoms with Gasteiger partial charge in [0.25, 0.3) is 0 Å². The van der Waals surface area contributed by atoms with Crippen LogP contribution in [0.3, 0.4) is 0 Å². The molecule has 1 aliphatic carbocycles. The van der Waals surface area contributed by atoms with E-state index in [1.54, 1.807) is 11.1 Å². The van der Waals surface area contributed by atoms with E-state index in [-0.39, 0.29) is 0 Å². The Kier molecular flexibility index (Phi) is 4.19. The first-order valence-corrected chi connectivity index (χ1v) is 7.72. The Hall–Kier alpha value is -0.860. The standard InChI is InChI=1S/C17H25NO/c1-18-17(15-7-9-19-10-8-15)12-13-5-6-14-3-2-4-16(14)11-13/h5-6,11,15,17-18H,2-4,7-10,12H2,1H3. The number of likely N-dealkylation sites (N-methyl/N-ethyl adjacent to an activating group) is 1. The van der Waals surface area contributed by atoms with Crippen LogP contribution >= 0.6 is 0 Å². The molecular formula is C17H25NO. The zero-order chi connectivity index (χ0) is 13.1. The van der Waals surface area contributed by atoms with Crippen LogP contribution in [0.25, 0.3) is 0 Å². The van der Waals surface area contributed by atoms with E-state index in [1.165, 1.54) is 37.7 Å². The first kappa shape index (κ1) is 13.1. The Morgan fingerprint density at radius 2 is 2.00 bits per heavy atom. The predicted octanol–water partition coefficient (Wildman–Crippen LogP) is 2.73. The van der Waals surface area contributed by atoms with E-state index in [1.807, 2.05) is 0 Å². The van der Waals surface area contributed by atoms with E-state index in [0.717, 1.165) is 25.6 Å². The smallest absolute Gasteiger partial charge is 0.0469 e. The topological polar surface area (TPSA) is 21.3 Å². The lowest BCUT2D eigenvalue weighted by atomic mass is 9.87. The molecule has 1 aromatic carbocycles. The zero-order valence-corrected chi connectivity index (χ0v) is 12.0. The molecule has 2 heteroatoms. The number of hydrogen-bond acceptors (Lipinski definition) is 2. The zero-order valence-electron chi connectivity index (χ0n) is 12.0. The minimum Gasteiger partial charge on any atom is -0.381 e. The molecule has 1 aromatic rings. The van der Waals surface area contributed by atoms with Crippen LogP contribution in [0, 0.1) is 5.92 Å². The van der Waals surface area contributed by atoms with Gasteiger partial charge in [-0.1, -0.05) is 18.2 Å². The molecule has 0 saturated carbocycles. The molecule has 0 aromatic heterocycles. The molecule has 0 spiro atoms. The minimum absolute atomic E-state index is 0.600. The van der Waals surface area contributed by atoms with Gasteiger partial charge in [0.15, 0.2) is 0 Å². The van der Waals surface area contributed by atoms with Gasteiger partial charge < -0.3 is 10.1 Å². The first-order valence-electron chi connectivity index (χ1n) is 7.72. The first-order chi connectivity index (χ1) is 9.36. The molecule has 0 bridgehead atoms. The van der Waals surface area contributed by atoms with Crippen molar-refractivity contribution in [2.45, 2.75) is 44.6 Å². The normalized spacial score (nSPS) is 21.3. The van der Waals surface area contributed by atoms with Crippen molar-refractivity contribution < 1.29 is 4.74 Å². The lowest BCUT2D eigenvalue weighted by Crippen LogP contribution is -2.38. The van der Waals surface area contributed by atoms with E-state index < -0.39 is 0 Å². The van der Waals surface area contributed by atoms with Crippen molar-refractivity contribution >= 4 is 0 Å². The summed E-state index contributed by atoms with van der Waals surface area (Å²) in [6.07, 6.45) is 7.48. The number of benzene rings is 1. The van der Waals surface area contributed by atoms with E-state index in [9.17, 15) is 0 Å². The van der Waals surface area contributed by atoms with Crippen LogP contribution in [-0.2, 0) is 24.0 Å². The van der Waals surface area contributed by atoms with Crippen molar-refractivity contribution in [2.24, 2.45) is 5.92 Å². The van der Waals surface area contributed by atoms with Gasteiger partial charge in [-0.3, -0.25) is 0 Å². The molecule has 1 unspecified atom stereocenters. The number of nitrogens with one attached hydrogen (secondary N) is 1. The highest BCUT2D eigenvalue weighted by molar-refractivity contribution is 5.35. The summed E-state index contributed by atoms with van der Waals surface area (Å²) in [6.45, 7) is 1.88. The summed E-state index contributed by atoms with van der Waals surface area (Å²) < 4.78 is 5.48. The molecule has 2 aliphatic rings. The highest BCUT2D eigenvalue weighted by atomic mass is 16.5. The van der Waals surface area contributed by atoms with Gasteiger partial charge in [0, 0.05) is 19.3 Å². The van der Waals surface area contributed by atoms with Crippen LogP contribution in [0.15, 0.2) is 18.2 Å². The number of ether oxygens (including phenoxy) is 1. The van der Waals surface area contributed by atoms with Gasteiger partial charge in [-0.05, 0) is 68.2 Å².